The van der Waals surface area contributed by atoms with Gasteiger partial charge in [-0.15, -0.1) is 14.7 Å². The highest BCUT2D eigenvalue weighted by Gasteiger charge is 2.26. The lowest BCUT2D eigenvalue weighted by Crippen LogP contribution is -2.25. The first-order valence-electron chi connectivity index (χ1n) is 8.15. The van der Waals surface area contributed by atoms with Gasteiger partial charge in [0.2, 0.25) is 0 Å². The summed E-state index contributed by atoms with van der Waals surface area (Å²) in [6.07, 6.45) is 5.63. The molecule has 122 valence electrons. The third kappa shape index (κ3) is 2.63. The fourth-order valence-electron chi connectivity index (χ4n) is 2.91. The normalized spacial score (nSPS) is 13.5. The van der Waals surface area contributed by atoms with E-state index in [1.54, 1.807) is 17.3 Å². The van der Waals surface area contributed by atoms with Gasteiger partial charge in [0.05, 0.1) is 11.4 Å². The van der Waals surface area contributed by atoms with Crippen molar-refractivity contribution in [1.29, 1.82) is 0 Å². The Morgan fingerprint density at radius 2 is 1.50 bits per heavy atom. The second kappa shape index (κ2) is 6.57. The molecule has 4 rings (SSSR count). The Hall–Kier alpha value is -2.47. The van der Waals surface area contributed by atoms with Crippen LogP contribution in [0.5, 0.6) is 0 Å². The number of para-hydroxylation sites is 2. The molecule has 0 N–H and O–H groups in total. The van der Waals surface area contributed by atoms with Crippen LogP contribution in [-0.4, -0.2) is 21.4 Å². The standard InChI is InChI=1S/C18H19N5S/c1-2-3-12-23-15-8-4-6-10-17(15)24(21-22-13-19-20-14-22)18-11-7-5-9-16(18)23/h4-11,13-14H,2-3,12H2,1H3. The molecule has 0 bridgehead atoms. The van der Waals surface area contributed by atoms with Gasteiger partial charge in [-0.25, -0.2) is 4.68 Å². The maximum absolute atomic E-state index is 4.87. The summed E-state index contributed by atoms with van der Waals surface area (Å²) >= 11 is 0. The van der Waals surface area contributed by atoms with Crippen LogP contribution in [-0.2, 0) is 10.7 Å². The lowest BCUT2D eigenvalue weighted by molar-refractivity contribution is 0.775. The summed E-state index contributed by atoms with van der Waals surface area (Å²) < 4.78 is 6.57. The quantitative estimate of drug-likeness (QED) is 0.716. The zero-order chi connectivity index (χ0) is 16.4. The largest absolute Gasteiger partial charge is 0.340 e. The van der Waals surface area contributed by atoms with Crippen molar-refractivity contribution in [2.45, 2.75) is 29.6 Å². The smallest absolute Gasteiger partial charge is 0.142 e. The monoisotopic (exact) mass is 337 g/mol. The summed E-state index contributed by atoms with van der Waals surface area (Å²) in [7, 11) is -0.384. The molecule has 1 aliphatic rings. The molecule has 0 saturated carbocycles. The minimum Gasteiger partial charge on any atom is -0.340 e. The van der Waals surface area contributed by atoms with E-state index in [2.05, 4.69) is 70.6 Å². The Bertz CT molecular complexity index is 823. The molecule has 1 aliphatic heterocycles. The van der Waals surface area contributed by atoms with Crippen LogP contribution in [0, 0.1) is 0 Å². The predicted molar refractivity (Wildman–Crippen MR) is 96.5 cm³/mol. The van der Waals surface area contributed by atoms with E-state index in [0.29, 0.717) is 0 Å². The molecule has 0 amide bonds. The predicted octanol–water partition coefficient (Wildman–Crippen LogP) is 4.21. The molecule has 5 nitrogen and oxygen atoms in total. The van der Waals surface area contributed by atoms with Gasteiger partial charge in [-0.05, 0) is 41.4 Å². The van der Waals surface area contributed by atoms with Crippen molar-refractivity contribution in [3.63, 3.8) is 0 Å². The summed E-state index contributed by atoms with van der Waals surface area (Å²) in [5.74, 6) is 0. The van der Waals surface area contributed by atoms with E-state index in [1.807, 2.05) is 0 Å². The molecule has 0 radical (unpaired) electrons. The van der Waals surface area contributed by atoms with Gasteiger partial charge >= 0.3 is 0 Å². The first-order valence-corrected chi connectivity index (χ1v) is 9.33. The molecular weight excluding hydrogens is 318 g/mol. The number of aromatic nitrogens is 3. The number of benzene rings is 2. The molecule has 0 spiro atoms. The highest BCUT2D eigenvalue weighted by Crippen LogP contribution is 2.42. The van der Waals surface area contributed by atoms with Crippen molar-refractivity contribution in [1.82, 2.24) is 14.9 Å². The van der Waals surface area contributed by atoms with Gasteiger partial charge in [-0.2, -0.15) is 0 Å². The van der Waals surface area contributed by atoms with E-state index in [9.17, 15) is 0 Å². The van der Waals surface area contributed by atoms with Gasteiger partial charge in [-0.1, -0.05) is 37.6 Å². The molecule has 1 aromatic heterocycles. The Kier molecular flexibility index (Phi) is 4.13. The Morgan fingerprint density at radius 3 is 2.08 bits per heavy atom. The molecule has 0 fully saturated rings. The summed E-state index contributed by atoms with van der Waals surface area (Å²) in [5.41, 5.74) is 2.51. The van der Waals surface area contributed by atoms with Crippen LogP contribution in [0.4, 0.5) is 11.4 Å². The number of fused-ring (bicyclic) bond motifs is 2. The van der Waals surface area contributed by atoms with Crippen molar-refractivity contribution in [2.75, 3.05) is 11.4 Å². The third-order valence-corrected chi connectivity index (χ3v) is 5.92. The molecule has 0 unspecified atom stereocenters. The number of anilines is 2. The van der Waals surface area contributed by atoms with Gasteiger partial charge in [0, 0.05) is 16.3 Å². The van der Waals surface area contributed by atoms with Gasteiger partial charge in [0.25, 0.3) is 0 Å². The zero-order valence-electron chi connectivity index (χ0n) is 13.5. The molecular formula is C18H19N5S. The molecule has 3 aromatic rings. The lowest BCUT2D eigenvalue weighted by Gasteiger charge is -2.34. The van der Waals surface area contributed by atoms with Crippen LogP contribution in [0.15, 0.2) is 75.4 Å². The fraction of sp³-hybridized carbons (Fsp3) is 0.222. The third-order valence-electron chi connectivity index (χ3n) is 4.05. The molecule has 2 aromatic carbocycles. The first kappa shape index (κ1) is 15.1. The first-order chi connectivity index (χ1) is 11.9. The fourth-order valence-corrected chi connectivity index (χ4v) is 4.77. The van der Waals surface area contributed by atoms with Crippen LogP contribution < -0.4 is 4.90 Å². The zero-order valence-corrected chi connectivity index (χ0v) is 14.4. The van der Waals surface area contributed by atoms with E-state index >= 15 is 0 Å². The van der Waals surface area contributed by atoms with Gasteiger partial charge < -0.3 is 4.90 Å². The van der Waals surface area contributed by atoms with E-state index in [-0.39, 0.29) is 10.7 Å². The average Bonchev–Trinajstić information content (AvgIpc) is 3.14. The number of hydrogen-bond donors (Lipinski definition) is 0. The van der Waals surface area contributed by atoms with Gasteiger partial charge in [0.1, 0.15) is 12.7 Å². The van der Waals surface area contributed by atoms with E-state index in [4.69, 9.17) is 4.47 Å². The molecule has 0 atom stereocenters. The van der Waals surface area contributed by atoms with Crippen LogP contribution in [0.1, 0.15) is 19.8 Å². The molecule has 24 heavy (non-hydrogen) atoms. The minimum atomic E-state index is -0.384. The SMILES string of the molecule is CCCCN1c2ccccc2S(=Nn2cnnc2)c2ccccc21. The van der Waals surface area contributed by atoms with Gasteiger partial charge in [0.15, 0.2) is 0 Å². The number of nitrogens with zero attached hydrogens (tertiary/aromatic N) is 5. The Balaban J connectivity index is 1.91. The van der Waals surface area contributed by atoms with Crippen LogP contribution in [0.25, 0.3) is 0 Å². The summed E-state index contributed by atoms with van der Waals surface area (Å²) in [6, 6.07) is 17.1. The summed E-state index contributed by atoms with van der Waals surface area (Å²) in [5, 5.41) is 7.74. The van der Waals surface area contributed by atoms with Crippen LogP contribution in [0.3, 0.4) is 0 Å². The minimum absolute atomic E-state index is 0.384. The molecule has 0 saturated heterocycles. The summed E-state index contributed by atoms with van der Waals surface area (Å²) in [4.78, 5) is 4.93. The molecule has 0 aliphatic carbocycles. The molecule has 6 heteroatoms. The lowest BCUT2D eigenvalue weighted by atomic mass is 10.2. The van der Waals surface area contributed by atoms with E-state index < -0.39 is 0 Å². The second-order valence-corrected chi connectivity index (χ2v) is 7.26. The summed E-state index contributed by atoms with van der Waals surface area (Å²) in [6.45, 7) is 3.25. The Morgan fingerprint density at radius 1 is 0.917 bits per heavy atom. The topological polar surface area (TPSA) is 46.3 Å². The maximum atomic E-state index is 4.87. The highest BCUT2D eigenvalue weighted by molar-refractivity contribution is 7.87. The van der Waals surface area contributed by atoms with Crippen molar-refractivity contribution < 1.29 is 0 Å². The van der Waals surface area contributed by atoms with Crippen molar-refractivity contribution in [3.8, 4) is 0 Å². The van der Waals surface area contributed by atoms with Crippen molar-refractivity contribution in [3.05, 3.63) is 61.2 Å². The van der Waals surface area contributed by atoms with Crippen LogP contribution in [0.2, 0.25) is 0 Å². The van der Waals surface area contributed by atoms with Crippen molar-refractivity contribution >= 4 is 22.1 Å². The number of hydrogen-bond acceptors (Lipinski definition) is 4. The van der Waals surface area contributed by atoms with Crippen LogP contribution >= 0.6 is 0 Å². The number of rotatable bonds is 4. The molecule has 2 heterocycles. The highest BCUT2D eigenvalue weighted by atomic mass is 32.2. The number of unbranched alkanes of at least 4 members (excludes halogenated alkanes) is 1. The maximum Gasteiger partial charge on any atom is 0.142 e. The average molecular weight is 337 g/mol. The van der Waals surface area contributed by atoms with Crippen molar-refractivity contribution in [2.24, 2.45) is 4.47 Å². The van der Waals surface area contributed by atoms with E-state index in [1.165, 1.54) is 34.0 Å². The Labute approximate surface area is 144 Å². The second-order valence-electron chi connectivity index (χ2n) is 5.65. The van der Waals surface area contributed by atoms with E-state index in [0.717, 1.165) is 6.54 Å². The van der Waals surface area contributed by atoms with Gasteiger partial charge in [-0.3, -0.25) is 0 Å².